The number of aromatic nitrogens is 2. The van der Waals surface area contributed by atoms with Crippen LogP contribution >= 0.6 is 0 Å². The first kappa shape index (κ1) is 12.8. The summed E-state index contributed by atoms with van der Waals surface area (Å²) in [4.78, 5) is 18.8. The van der Waals surface area contributed by atoms with Crippen molar-refractivity contribution >= 4 is 28.8 Å². The van der Waals surface area contributed by atoms with E-state index in [1.165, 1.54) is 0 Å². The molecule has 96 valence electrons. The first-order valence-corrected chi connectivity index (χ1v) is 5.81. The number of hydrogen-bond acceptors (Lipinski definition) is 5. The van der Waals surface area contributed by atoms with E-state index in [0.717, 1.165) is 10.8 Å². The molecule has 0 aromatic carbocycles. The number of amides is 1. The van der Waals surface area contributed by atoms with Crippen LogP contribution in [-0.2, 0) is 4.79 Å². The van der Waals surface area contributed by atoms with E-state index >= 15 is 0 Å². The Kier molecular flexibility index (Phi) is 3.57. The summed E-state index contributed by atoms with van der Waals surface area (Å²) in [5, 5.41) is 16.3. The summed E-state index contributed by atoms with van der Waals surface area (Å²) < 4.78 is 0. The fourth-order valence-corrected chi connectivity index (χ4v) is 1.73. The molecule has 2 aromatic heterocycles. The molecule has 6 nitrogen and oxygen atoms in total. The van der Waals surface area contributed by atoms with Crippen molar-refractivity contribution in [2.45, 2.75) is 19.9 Å². The second-order valence-electron chi connectivity index (χ2n) is 4.32. The Hall–Kier alpha value is -2.68. The Morgan fingerprint density at radius 1 is 1.42 bits per heavy atom. The van der Waals surface area contributed by atoms with Crippen LogP contribution in [0.15, 0.2) is 18.3 Å². The highest BCUT2D eigenvalue weighted by Crippen LogP contribution is 2.24. The lowest BCUT2D eigenvalue weighted by Crippen LogP contribution is -2.12. The smallest absolute Gasteiger partial charge is 0.212 e. The van der Waals surface area contributed by atoms with Crippen LogP contribution in [0.2, 0.25) is 0 Å². The van der Waals surface area contributed by atoms with Gasteiger partial charge in [0, 0.05) is 23.0 Å². The minimum absolute atomic E-state index is 0.181. The number of anilines is 2. The molecule has 19 heavy (non-hydrogen) atoms. The van der Waals surface area contributed by atoms with Crippen LogP contribution < -0.4 is 10.6 Å². The third-order valence-corrected chi connectivity index (χ3v) is 2.46. The van der Waals surface area contributed by atoms with Gasteiger partial charge in [0.2, 0.25) is 6.41 Å². The van der Waals surface area contributed by atoms with Crippen molar-refractivity contribution < 1.29 is 4.79 Å². The summed E-state index contributed by atoms with van der Waals surface area (Å²) in [5.74, 6) is 1.06. The molecule has 0 bridgehead atoms. The fraction of sp³-hybridized carbons (Fsp3) is 0.231. The summed E-state index contributed by atoms with van der Waals surface area (Å²) in [6.07, 6.45) is 2.18. The summed E-state index contributed by atoms with van der Waals surface area (Å²) in [7, 11) is 0. The first-order chi connectivity index (χ1) is 9.13. The summed E-state index contributed by atoms with van der Waals surface area (Å²) in [6.45, 7) is 3.97. The van der Waals surface area contributed by atoms with Gasteiger partial charge in [0.1, 0.15) is 23.4 Å². The number of nitrogens with one attached hydrogen (secondary N) is 2. The molecular weight excluding hydrogens is 242 g/mol. The molecule has 2 heterocycles. The molecule has 0 aliphatic carbocycles. The van der Waals surface area contributed by atoms with Gasteiger partial charge in [-0.05, 0) is 26.0 Å². The van der Waals surface area contributed by atoms with Crippen molar-refractivity contribution in [1.29, 1.82) is 5.26 Å². The molecule has 2 N–H and O–H groups in total. The molecule has 2 aromatic rings. The van der Waals surface area contributed by atoms with Crippen LogP contribution in [0.1, 0.15) is 19.5 Å². The van der Waals surface area contributed by atoms with Gasteiger partial charge in [0.05, 0.1) is 0 Å². The van der Waals surface area contributed by atoms with Crippen molar-refractivity contribution in [1.82, 2.24) is 9.97 Å². The SMILES string of the molecule is CC(C)Nc1nc(C#N)cc2cnc(NC=O)cc12. The highest BCUT2D eigenvalue weighted by molar-refractivity contribution is 5.94. The molecule has 0 radical (unpaired) electrons. The zero-order valence-electron chi connectivity index (χ0n) is 10.6. The van der Waals surface area contributed by atoms with E-state index in [4.69, 9.17) is 5.26 Å². The Labute approximate surface area is 110 Å². The van der Waals surface area contributed by atoms with Gasteiger partial charge in [-0.25, -0.2) is 9.97 Å². The second kappa shape index (κ2) is 5.31. The van der Waals surface area contributed by atoms with Gasteiger partial charge in [-0.1, -0.05) is 0 Å². The van der Waals surface area contributed by atoms with Crippen LogP contribution in [-0.4, -0.2) is 22.4 Å². The number of hydrogen-bond donors (Lipinski definition) is 2. The molecular formula is C13H13N5O. The van der Waals surface area contributed by atoms with Gasteiger partial charge < -0.3 is 10.6 Å². The minimum Gasteiger partial charge on any atom is -0.367 e. The van der Waals surface area contributed by atoms with Crippen LogP contribution in [0.4, 0.5) is 11.6 Å². The molecule has 0 atom stereocenters. The fourth-order valence-electron chi connectivity index (χ4n) is 1.73. The quantitative estimate of drug-likeness (QED) is 0.814. The van der Waals surface area contributed by atoms with Crippen LogP contribution in [0.3, 0.4) is 0 Å². The maximum Gasteiger partial charge on any atom is 0.212 e. The normalized spacial score (nSPS) is 10.2. The van der Waals surface area contributed by atoms with Crippen molar-refractivity contribution in [3.8, 4) is 6.07 Å². The highest BCUT2D eigenvalue weighted by Gasteiger charge is 2.08. The monoisotopic (exact) mass is 255 g/mol. The van der Waals surface area contributed by atoms with E-state index in [2.05, 4.69) is 20.6 Å². The molecule has 0 saturated heterocycles. The molecule has 0 aliphatic heterocycles. The minimum atomic E-state index is 0.181. The molecule has 0 unspecified atom stereocenters. The molecule has 0 spiro atoms. The van der Waals surface area contributed by atoms with Gasteiger partial charge in [0.25, 0.3) is 0 Å². The Morgan fingerprint density at radius 3 is 2.84 bits per heavy atom. The standard InChI is InChI=1S/C13H13N5O/c1-8(2)17-13-11-4-12(16-7-19)15-6-9(11)3-10(5-14)18-13/h3-4,6-8H,1-2H3,(H,17,18)(H,15,16,19). The van der Waals surface area contributed by atoms with Crippen LogP contribution in [0, 0.1) is 11.3 Å². The molecule has 0 saturated carbocycles. The molecule has 1 amide bonds. The average molecular weight is 255 g/mol. The number of carbonyl (C=O) groups is 1. The van der Waals surface area contributed by atoms with E-state index in [1.807, 2.05) is 19.9 Å². The number of pyridine rings is 2. The molecule has 2 rings (SSSR count). The van der Waals surface area contributed by atoms with E-state index < -0.39 is 0 Å². The number of rotatable bonds is 4. The van der Waals surface area contributed by atoms with Crippen molar-refractivity contribution in [3.05, 3.63) is 24.0 Å². The maximum absolute atomic E-state index is 10.4. The molecule has 0 fully saturated rings. The van der Waals surface area contributed by atoms with Gasteiger partial charge in [0.15, 0.2) is 0 Å². The predicted octanol–water partition coefficient (Wildman–Crippen LogP) is 1.89. The molecule has 6 heteroatoms. The van der Waals surface area contributed by atoms with Gasteiger partial charge in [-0.15, -0.1) is 0 Å². The van der Waals surface area contributed by atoms with Crippen molar-refractivity contribution in [3.63, 3.8) is 0 Å². The van der Waals surface area contributed by atoms with Gasteiger partial charge >= 0.3 is 0 Å². The molecule has 0 aliphatic rings. The number of nitrogens with zero attached hydrogens (tertiary/aromatic N) is 3. The van der Waals surface area contributed by atoms with E-state index in [0.29, 0.717) is 23.7 Å². The lowest BCUT2D eigenvalue weighted by molar-refractivity contribution is -0.105. The van der Waals surface area contributed by atoms with E-state index in [1.54, 1.807) is 18.3 Å². The Bertz CT molecular complexity index is 660. The van der Waals surface area contributed by atoms with Gasteiger partial charge in [-0.3, -0.25) is 4.79 Å². The zero-order chi connectivity index (χ0) is 13.8. The van der Waals surface area contributed by atoms with Gasteiger partial charge in [-0.2, -0.15) is 5.26 Å². The van der Waals surface area contributed by atoms with Crippen molar-refractivity contribution in [2.24, 2.45) is 0 Å². The van der Waals surface area contributed by atoms with E-state index in [-0.39, 0.29) is 6.04 Å². The third-order valence-electron chi connectivity index (χ3n) is 2.46. The average Bonchev–Trinajstić information content (AvgIpc) is 2.38. The lowest BCUT2D eigenvalue weighted by Gasteiger charge is -2.12. The van der Waals surface area contributed by atoms with Crippen LogP contribution in [0.5, 0.6) is 0 Å². The number of nitriles is 1. The Balaban J connectivity index is 2.62. The summed E-state index contributed by atoms with van der Waals surface area (Å²) in [5.41, 5.74) is 0.327. The predicted molar refractivity (Wildman–Crippen MR) is 72.7 cm³/mol. The first-order valence-electron chi connectivity index (χ1n) is 5.81. The maximum atomic E-state index is 10.4. The second-order valence-corrected chi connectivity index (χ2v) is 4.32. The lowest BCUT2D eigenvalue weighted by atomic mass is 10.1. The number of fused-ring (bicyclic) bond motifs is 1. The van der Waals surface area contributed by atoms with Crippen molar-refractivity contribution in [2.75, 3.05) is 10.6 Å². The Morgan fingerprint density at radius 2 is 2.21 bits per heavy atom. The van der Waals surface area contributed by atoms with Crippen LogP contribution in [0.25, 0.3) is 10.8 Å². The van der Waals surface area contributed by atoms with E-state index in [9.17, 15) is 4.79 Å². The number of carbonyl (C=O) groups excluding carboxylic acids is 1. The highest BCUT2D eigenvalue weighted by atomic mass is 16.1. The zero-order valence-corrected chi connectivity index (χ0v) is 10.6. The largest absolute Gasteiger partial charge is 0.367 e. The summed E-state index contributed by atoms with van der Waals surface area (Å²) in [6, 6.07) is 5.59. The topological polar surface area (TPSA) is 90.7 Å². The summed E-state index contributed by atoms with van der Waals surface area (Å²) >= 11 is 0. The third kappa shape index (κ3) is 2.77.